The molecule has 1 aromatic heterocycles. The lowest BCUT2D eigenvalue weighted by atomic mass is 10.0. The molecule has 0 aliphatic rings. The first kappa shape index (κ1) is 21.8. The van der Waals surface area contributed by atoms with Gasteiger partial charge in [-0.25, -0.2) is 0 Å². The first-order valence-electron chi connectivity index (χ1n) is 10.0. The summed E-state index contributed by atoms with van der Waals surface area (Å²) in [4.78, 5) is 6.57. The lowest BCUT2D eigenvalue weighted by Crippen LogP contribution is -2.10. The Kier molecular flexibility index (Phi) is 6.86. The number of likely N-dealkylation sites (N-methyl/N-ethyl adjacent to an activating group) is 1. The molecule has 1 heterocycles. The number of aromatic nitrogens is 1. The molecule has 0 atom stereocenters. The van der Waals surface area contributed by atoms with E-state index in [1.807, 2.05) is 63.5 Å². The molecule has 0 spiro atoms. The predicted molar refractivity (Wildman–Crippen MR) is 131 cm³/mol. The maximum atomic E-state index is 9.68. The van der Waals surface area contributed by atoms with Gasteiger partial charge >= 0.3 is 0 Å². The van der Waals surface area contributed by atoms with Crippen molar-refractivity contribution in [1.29, 1.82) is 5.26 Å². The fourth-order valence-corrected chi connectivity index (χ4v) is 3.21. The van der Waals surface area contributed by atoms with Crippen LogP contribution < -0.4 is 10.6 Å². The quantitative estimate of drug-likeness (QED) is 0.457. The molecule has 0 saturated heterocycles. The molecule has 0 fully saturated rings. The molecule has 3 rings (SSSR count). The summed E-state index contributed by atoms with van der Waals surface area (Å²) in [5.74, 6) is 0. The predicted octanol–water partition coefficient (Wildman–Crippen LogP) is 5.84. The van der Waals surface area contributed by atoms with Gasteiger partial charge < -0.3 is 15.5 Å². The molecule has 0 unspecified atom stereocenters. The summed E-state index contributed by atoms with van der Waals surface area (Å²) in [6, 6.07) is 14.2. The summed E-state index contributed by atoms with van der Waals surface area (Å²) in [6.45, 7) is 10.8. The number of benzene rings is 2. The molecule has 0 radical (unpaired) electrons. The van der Waals surface area contributed by atoms with Crippen LogP contribution in [0, 0.1) is 18.3 Å². The van der Waals surface area contributed by atoms with Crippen molar-refractivity contribution >= 4 is 34.0 Å². The number of nitrogens with zero attached hydrogens (tertiary/aromatic N) is 3. The molecule has 3 aromatic rings. The average molecular weight is 410 g/mol. The minimum Gasteiger partial charge on any atom is -0.356 e. The third-order valence-electron chi connectivity index (χ3n) is 4.81. The highest BCUT2D eigenvalue weighted by molar-refractivity contribution is 5.98. The maximum Gasteiger partial charge on any atom is 0.103 e. The minimum atomic E-state index is 0.482. The van der Waals surface area contributed by atoms with Crippen LogP contribution in [0.3, 0.4) is 0 Å². The van der Waals surface area contributed by atoms with Crippen LogP contribution in [0.2, 0.25) is 0 Å². The molecule has 0 amide bonds. The van der Waals surface area contributed by atoms with E-state index in [0.29, 0.717) is 5.56 Å². The van der Waals surface area contributed by atoms with Crippen LogP contribution in [-0.4, -0.2) is 30.5 Å². The van der Waals surface area contributed by atoms with E-state index in [4.69, 9.17) is 0 Å². The fraction of sp³-hybridized carbons (Fsp3) is 0.154. The van der Waals surface area contributed by atoms with Crippen LogP contribution in [-0.2, 0) is 0 Å². The van der Waals surface area contributed by atoms with E-state index in [2.05, 4.69) is 45.8 Å². The first-order chi connectivity index (χ1) is 14.9. The molecule has 0 aliphatic heterocycles. The zero-order chi connectivity index (χ0) is 22.4. The van der Waals surface area contributed by atoms with E-state index >= 15 is 0 Å². The third kappa shape index (κ3) is 5.39. The van der Waals surface area contributed by atoms with Gasteiger partial charge in [0.15, 0.2) is 0 Å². The Morgan fingerprint density at radius 3 is 2.77 bits per heavy atom. The second kappa shape index (κ2) is 9.75. The highest BCUT2D eigenvalue weighted by atomic mass is 15.0. The van der Waals surface area contributed by atoms with E-state index in [1.165, 1.54) is 0 Å². The molecule has 5 nitrogen and oxygen atoms in total. The van der Waals surface area contributed by atoms with Crippen molar-refractivity contribution in [3.8, 4) is 6.07 Å². The Hall–Kier alpha value is -3.88. The zero-order valence-corrected chi connectivity index (χ0v) is 18.2. The number of pyridine rings is 1. The van der Waals surface area contributed by atoms with Crippen LogP contribution in [0.5, 0.6) is 0 Å². The van der Waals surface area contributed by atoms with Gasteiger partial charge in [-0.15, -0.1) is 0 Å². The van der Waals surface area contributed by atoms with E-state index in [-0.39, 0.29) is 0 Å². The summed E-state index contributed by atoms with van der Waals surface area (Å²) in [7, 11) is 4.04. The van der Waals surface area contributed by atoms with Crippen LogP contribution in [0.15, 0.2) is 73.6 Å². The van der Waals surface area contributed by atoms with Gasteiger partial charge in [-0.1, -0.05) is 37.4 Å². The number of rotatable bonds is 8. The number of allylic oxidation sites excluding steroid dienone is 1. The molecule has 2 N–H and O–H groups in total. The number of nitriles is 1. The van der Waals surface area contributed by atoms with Crippen LogP contribution in [0.1, 0.15) is 16.7 Å². The number of fused-ring (bicyclic) bond motifs is 1. The zero-order valence-electron chi connectivity index (χ0n) is 18.2. The SMILES string of the molecule is C=Cc1cccc(Nc2c(C#N)cnc3cc(C)c(NC(=C)/C=C/CN(C)C)cc23)c1. The summed E-state index contributed by atoms with van der Waals surface area (Å²) in [6.07, 6.45) is 7.42. The Morgan fingerprint density at radius 2 is 2.06 bits per heavy atom. The van der Waals surface area contributed by atoms with Crippen molar-refractivity contribution in [2.75, 3.05) is 31.3 Å². The average Bonchev–Trinajstić information content (AvgIpc) is 2.74. The van der Waals surface area contributed by atoms with Gasteiger partial charge in [-0.3, -0.25) is 4.98 Å². The monoisotopic (exact) mass is 409 g/mol. The normalized spacial score (nSPS) is 10.9. The number of hydrogen-bond acceptors (Lipinski definition) is 5. The second-order valence-electron chi connectivity index (χ2n) is 7.61. The molecule has 0 bridgehead atoms. The summed E-state index contributed by atoms with van der Waals surface area (Å²) in [5.41, 5.74) is 6.67. The number of aryl methyl sites for hydroxylation is 1. The maximum absolute atomic E-state index is 9.68. The van der Waals surface area contributed by atoms with Crippen molar-refractivity contribution in [3.63, 3.8) is 0 Å². The van der Waals surface area contributed by atoms with E-state index in [1.54, 1.807) is 12.3 Å². The van der Waals surface area contributed by atoms with Crippen molar-refractivity contribution in [2.45, 2.75) is 6.92 Å². The third-order valence-corrected chi connectivity index (χ3v) is 4.81. The fourth-order valence-electron chi connectivity index (χ4n) is 3.21. The second-order valence-corrected chi connectivity index (χ2v) is 7.61. The highest BCUT2D eigenvalue weighted by Gasteiger charge is 2.12. The minimum absolute atomic E-state index is 0.482. The topological polar surface area (TPSA) is 64.0 Å². The van der Waals surface area contributed by atoms with Gasteiger partial charge in [0.2, 0.25) is 0 Å². The van der Waals surface area contributed by atoms with Crippen LogP contribution in [0.25, 0.3) is 17.0 Å². The van der Waals surface area contributed by atoms with Gasteiger partial charge in [0.05, 0.1) is 16.8 Å². The molecule has 31 heavy (non-hydrogen) atoms. The molecule has 156 valence electrons. The van der Waals surface area contributed by atoms with E-state index in [9.17, 15) is 5.26 Å². The van der Waals surface area contributed by atoms with E-state index < -0.39 is 0 Å². The first-order valence-corrected chi connectivity index (χ1v) is 10.0. The Balaban J connectivity index is 2.01. The standard InChI is InChI=1S/C26H27N5/c1-6-20-10-7-11-22(14-20)30-26-21(16-27)17-28-25-13-18(2)24(15-23(25)26)29-19(3)9-8-12-31(4)5/h6-11,13-15,17,29H,1,3,12H2,2,4-5H3,(H,28,30)/b9-8+. The number of anilines is 3. The highest BCUT2D eigenvalue weighted by Crippen LogP contribution is 2.33. The van der Waals surface area contributed by atoms with Gasteiger partial charge in [-0.2, -0.15) is 5.26 Å². The lowest BCUT2D eigenvalue weighted by Gasteiger charge is -2.15. The summed E-state index contributed by atoms with van der Waals surface area (Å²) < 4.78 is 0. The molecule has 0 saturated carbocycles. The Bertz CT molecular complexity index is 1200. The van der Waals surface area contributed by atoms with Gasteiger partial charge in [-0.05, 0) is 62.5 Å². The Morgan fingerprint density at radius 1 is 1.26 bits per heavy atom. The molecule has 2 aromatic carbocycles. The molecular weight excluding hydrogens is 382 g/mol. The van der Waals surface area contributed by atoms with Crippen LogP contribution >= 0.6 is 0 Å². The van der Waals surface area contributed by atoms with Crippen molar-refractivity contribution in [2.24, 2.45) is 0 Å². The van der Waals surface area contributed by atoms with Crippen LogP contribution in [0.4, 0.5) is 17.1 Å². The smallest absolute Gasteiger partial charge is 0.103 e. The number of hydrogen-bond donors (Lipinski definition) is 2. The van der Waals surface area contributed by atoms with Gasteiger partial charge in [0.1, 0.15) is 6.07 Å². The van der Waals surface area contributed by atoms with E-state index in [0.717, 1.165) is 51.3 Å². The Labute approximate surface area is 184 Å². The lowest BCUT2D eigenvalue weighted by molar-refractivity contribution is 0.456. The van der Waals surface area contributed by atoms with Gasteiger partial charge in [0.25, 0.3) is 0 Å². The molecular formula is C26H27N5. The molecule has 0 aliphatic carbocycles. The van der Waals surface area contributed by atoms with Crippen molar-refractivity contribution in [3.05, 3.63) is 90.3 Å². The molecule has 5 heteroatoms. The summed E-state index contributed by atoms with van der Waals surface area (Å²) >= 11 is 0. The van der Waals surface area contributed by atoms with Gasteiger partial charge in [0, 0.05) is 35.2 Å². The van der Waals surface area contributed by atoms with Crippen molar-refractivity contribution in [1.82, 2.24) is 9.88 Å². The number of nitrogens with one attached hydrogen (secondary N) is 2. The summed E-state index contributed by atoms with van der Waals surface area (Å²) in [5, 5.41) is 17.3. The van der Waals surface area contributed by atoms with Crippen molar-refractivity contribution < 1.29 is 0 Å². The largest absolute Gasteiger partial charge is 0.356 e.